The zero-order chi connectivity index (χ0) is 33.4. The number of carbonyl (C=O) groups is 3. The number of hydrogen-bond donors (Lipinski definition) is 3. The third-order valence-electron chi connectivity index (χ3n) is 12.5. The molecule has 0 heterocycles. The Hall–Kier alpha value is -2.09. The van der Waals surface area contributed by atoms with E-state index in [2.05, 4.69) is 31.2 Å². The van der Waals surface area contributed by atoms with Crippen LogP contribution in [0.15, 0.2) is 36.0 Å². The van der Waals surface area contributed by atoms with Gasteiger partial charge in [-0.3, -0.25) is 14.4 Å². The van der Waals surface area contributed by atoms with Gasteiger partial charge in [-0.25, -0.2) is 0 Å². The van der Waals surface area contributed by atoms with Crippen LogP contribution in [0.3, 0.4) is 0 Å². The van der Waals surface area contributed by atoms with E-state index in [1.54, 1.807) is 6.08 Å². The molecule has 7 nitrogen and oxygen atoms in total. The molecule has 3 fully saturated rings. The molecule has 3 saturated carbocycles. The van der Waals surface area contributed by atoms with Gasteiger partial charge in [-0.2, -0.15) is 0 Å². The highest BCUT2D eigenvalue weighted by molar-refractivity contribution is 5.92. The highest BCUT2D eigenvalue weighted by Crippen LogP contribution is 2.70. The SMILES string of the molecule is CCCCC/C=C\C/C=C\CCCCCCCC(=O)O[C@]12[C@@H](O)C[C@@]3(C)[C@@H](CC[C@]3(O)C(=O)CO)[C@@H]1CCC1=CC(=O)CC[C@@]12C. The van der Waals surface area contributed by atoms with Crippen molar-refractivity contribution in [3.05, 3.63) is 36.0 Å². The highest BCUT2D eigenvalue weighted by atomic mass is 16.6. The summed E-state index contributed by atoms with van der Waals surface area (Å²) in [6.07, 6.45) is 24.9. The molecule has 258 valence electrons. The van der Waals surface area contributed by atoms with Crippen LogP contribution in [0.25, 0.3) is 0 Å². The van der Waals surface area contributed by atoms with Gasteiger partial charge in [-0.15, -0.1) is 0 Å². The van der Waals surface area contributed by atoms with Crippen LogP contribution in [0.4, 0.5) is 0 Å². The number of rotatable bonds is 17. The van der Waals surface area contributed by atoms with Gasteiger partial charge < -0.3 is 20.1 Å². The first-order valence-electron chi connectivity index (χ1n) is 18.3. The number of unbranched alkanes of at least 4 members (excludes halogenated alkanes) is 8. The van der Waals surface area contributed by atoms with Crippen LogP contribution in [0.5, 0.6) is 0 Å². The van der Waals surface area contributed by atoms with Gasteiger partial charge in [0.1, 0.15) is 17.8 Å². The first kappa shape index (κ1) is 36.7. The predicted octanol–water partition coefficient (Wildman–Crippen LogP) is 7.26. The third kappa shape index (κ3) is 7.03. The van der Waals surface area contributed by atoms with Crippen LogP contribution < -0.4 is 0 Å². The topological polar surface area (TPSA) is 121 Å². The second-order valence-electron chi connectivity index (χ2n) is 15.1. The van der Waals surface area contributed by atoms with Gasteiger partial charge in [-0.05, 0) is 89.0 Å². The van der Waals surface area contributed by atoms with E-state index < -0.39 is 40.5 Å². The predicted molar refractivity (Wildman–Crippen MR) is 180 cm³/mol. The molecule has 0 amide bonds. The summed E-state index contributed by atoms with van der Waals surface area (Å²) in [4.78, 5) is 38.9. The van der Waals surface area contributed by atoms with Crippen molar-refractivity contribution in [1.29, 1.82) is 0 Å². The van der Waals surface area contributed by atoms with Crippen LogP contribution in [-0.4, -0.2) is 56.8 Å². The Bertz CT molecular complexity index is 1170. The minimum absolute atomic E-state index is 0.0662. The Labute approximate surface area is 276 Å². The zero-order valence-electron chi connectivity index (χ0n) is 28.7. The molecule has 46 heavy (non-hydrogen) atoms. The van der Waals surface area contributed by atoms with E-state index >= 15 is 0 Å². The van der Waals surface area contributed by atoms with Crippen LogP contribution >= 0.6 is 0 Å². The second kappa shape index (κ2) is 15.9. The highest BCUT2D eigenvalue weighted by Gasteiger charge is 2.75. The number of ether oxygens (including phenoxy) is 1. The summed E-state index contributed by atoms with van der Waals surface area (Å²) in [7, 11) is 0. The van der Waals surface area contributed by atoms with Gasteiger partial charge in [-0.1, -0.05) is 82.8 Å². The molecular weight excluding hydrogens is 580 g/mol. The smallest absolute Gasteiger partial charge is 0.306 e. The summed E-state index contributed by atoms with van der Waals surface area (Å²) in [5.41, 5.74) is -3.69. The van der Waals surface area contributed by atoms with Gasteiger partial charge in [0.05, 0.1) is 6.10 Å². The van der Waals surface area contributed by atoms with Gasteiger partial charge in [0.2, 0.25) is 0 Å². The number of aliphatic hydroxyl groups excluding tert-OH is 2. The monoisotopic (exact) mass is 640 g/mol. The van der Waals surface area contributed by atoms with Gasteiger partial charge >= 0.3 is 5.97 Å². The van der Waals surface area contributed by atoms with Gasteiger partial charge in [0, 0.05) is 29.6 Å². The first-order chi connectivity index (χ1) is 22.0. The lowest BCUT2D eigenvalue weighted by Crippen LogP contribution is -2.72. The Morgan fingerprint density at radius 3 is 2.28 bits per heavy atom. The Balaban J connectivity index is 1.35. The average Bonchev–Trinajstić information content (AvgIpc) is 3.29. The molecule has 7 atom stereocenters. The van der Waals surface area contributed by atoms with Crippen LogP contribution in [0.1, 0.15) is 143 Å². The van der Waals surface area contributed by atoms with Crippen molar-refractivity contribution in [3.63, 3.8) is 0 Å². The lowest BCUT2D eigenvalue weighted by Gasteiger charge is -2.66. The Kier molecular flexibility index (Phi) is 12.7. The molecule has 4 rings (SSSR count). The van der Waals surface area contributed by atoms with E-state index in [-0.39, 0.29) is 42.9 Å². The molecule has 0 bridgehead atoms. The number of Topliss-reactive ketones (excluding diaryl/α,β-unsaturated/α-hetero) is 1. The Morgan fingerprint density at radius 2 is 1.59 bits per heavy atom. The lowest BCUT2D eigenvalue weighted by atomic mass is 9.43. The van der Waals surface area contributed by atoms with Crippen molar-refractivity contribution in [2.24, 2.45) is 22.7 Å². The number of ketones is 2. The van der Waals surface area contributed by atoms with Crippen molar-refractivity contribution in [2.75, 3.05) is 6.61 Å². The van der Waals surface area contributed by atoms with Crippen molar-refractivity contribution in [3.8, 4) is 0 Å². The molecule has 0 unspecified atom stereocenters. The van der Waals surface area contributed by atoms with E-state index in [1.807, 2.05) is 13.8 Å². The van der Waals surface area contributed by atoms with E-state index in [0.717, 1.165) is 50.5 Å². The third-order valence-corrected chi connectivity index (χ3v) is 12.5. The van der Waals surface area contributed by atoms with Crippen molar-refractivity contribution >= 4 is 17.5 Å². The zero-order valence-corrected chi connectivity index (χ0v) is 28.7. The fourth-order valence-electron chi connectivity index (χ4n) is 9.76. The van der Waals surface area contributed by atoms with Crippen molar-refractivity contribution < 1.29 is 34.4 Å². The van der Waals surface area contributed by atoms with Crippen LogP contribution in [0, 0.1) is 22.7 Å². The van der Waals surface area contributed by atoms with E-state index in [1.165, 1.54) is 25.7 Å². The molecule has 0 aromatic carbocycles. The first-order valence-corrected chi connectivity index (χ1v) is 18.3. The number of carbonyl (C=O) groups excluding carboxylic acids is 3. The van der Waals surface area contributed by atoms with Crippen molar-refractivity contribution in [2.45, 2.75) is 160 Å². The largest absolute Gasteiger partial charge is 0.455 e. The molecule has 0 saturated heterocycles. The molecule has 0 aromatic rings. The summed E-state index contributed by atoms with van der Waals surface area (Å²) in [6.45, 7) is 5.37. The summed E-state index contributed by atoms with van der Waals surface area (Å²) in [5, 5.41) is 33.4. The van der Waals surface area contributed by atoms with Crippen molar-refractivity contribution in [1.82, 2.24) is 0 Å². The van der Waals surface area contributed by atoms with E-state index in [9.17, 15) is 29.7 Å². The fraction of sp³-hybridized carbons (Fsp3) is 0.769. The van der Waals surface area contributed by atoms with Crippen LogP contribution in [-0.2, 0) is 19.1 Å². The molecule has 4 aliphatic rings. The summed E-state index contributed by atoms with van der Waals surface area (Å²) < 4.78 is 6.56. The Morgan fingerprint density at radius 1 is 0.913 bits per heavy atom. The molecule has 7 heteroatoms. The van der Waals surface area contributed by atoms with Crippen LogP contribution in [0.2, 0.25) is 0 Å². The maximum Gasteiger partial charge on any atom is 0.306 e. The quantitative estimate of drug-likeness (QED) is 0.0869. The number of allylic oxidation sites excluding steroid dienone is 4. The molecule has 0 aromatic heterocycles. The van der Waals surface area contributed by atoms with Gasteiger partial charge in [0.15, 0.2) is 11.6 Å². The number of hydrogen-bond acceptors (Lipinski definition) is 7. The molecule has 4 aliphatic carbocycles. The molecule has 3 N–H and O–H groups in total. The number of aliphatic hydroxyl groups is 3. The lowest BCUT2D eigenvalue weighted by molar-refractivity contribution is -0.270. The number of esters is 1. The summed E-state index contributed by atoms with van der Waals surface area (Å²) >= 11 is 0. The fourth-order valence-corrected chi connectivity index (χ4v) is 9.76. The number of fused-ring (bicyclic) bond motifs is 5. The molecule has 0 radical (unpaired) electrons. The maximum atomic E-state index is 13.6. The minimum Gasteiger partial charge on any atom is -0.455 e. The van der Waals surface area contributed by atoms with E-state index in [4.69, 9.17) is 4.74 Å². The molecule has 0 aliphatic heterocycles. The molecule has 0 spiro atoms. The minimum atomic E-state index is -1.73. The van der Waals surface area contributed by atoms with E-state index in [0.29, 0.717) is 32.1 Å². The maximum absolute atomic E-state index is 13.6. The average molecular weight is 641 g/mol. The standard InChI is InChI=1S/C39H60O7/c1-4-5-6-7-8-9-10-11-12-13-14-15-16-17-18-19-35(44)46-39-32(21-20-29-26-30(41)22-24-36(29,39)2)31-23-25-38(45,34(43)28-40)37(31,3)27-33(39)42/h8-9,11-12,26,31-33,40,42,45H,4-7,10,13-25,27-28H2,1-3H3/b9-8-,12-11-/t31-,32-,33-,36-,37-,38-,39-/m0/s1. The summed E-state index contributed by atoms with van der Waals surface area (Å²) in [6, 6.07) is 0. The second-order valence-corrected chi connectivity index (χ2v) is 15.1. The summed E-state index contributed by atoms with van der Waals surface area (Å²) in [5.74, 6) is -1.31. The normalized spacial score (nSPS) is 35.6. The van der Waals surface area contributed by atoms with Gasteiger partial charge in [0.25, 0.3) is 0 Å². The molecular formula is C39H60O7.